The summed E-state index contributed by atoms with van der Waals surface area (Å²) in [6, 6.07) is 5.13. The van der Waals surface area contributed by atoms with Crippen LogP contribution in [-0.2, 0) is 4.74 Å². The fourth-order valence-electron chi connectivity index (χ4n) is 3.69. The van der Waals surface area contributed by atoms with Crippen molar-refractivity contribution in [2.75, 3.05) is 60.2 Å². The molecular formula is C19H28N2O5. The highest BCUT2D eigenvalue weighted by Gasteiger charge is 2.37. The molecule has 2 aliphatic heterocycles. The first kappa shape index (κ1) is 18.9. The van der Waals surface area contributed by atoms with Crippen molar-refractivity contribution in [3.63, 3.8) is 0 Å². The van der Waals surface area contributed by atoms with E-state index in [0.29, 0.717) is 36.8 Å². The van der Waals surface area contributed by atoms with Gasteiger partial charge in [0.05, 0.1) is 39.5 Å². The van der Waals surface area contributed by atoms with Crippen LogP contribution in [0.3, 0.4) is 0 Å². The number of hydrogen-bond acceptors (Lipinski definition) is 6. The van der Waals surface area contributed by atoms with Crippen LogP contribution in [0.2, 0.25) is 0 Å². The molecule has 1 amide bonds. The molecule has 0 saturated carbocycles. The third-order valence-corrected chi connectivity index (χ3v) is 5.00. The largest absolute Gasteiger partial charge is 0.497 e. The molecule has 26 heavy (non-hydrogen) atoms. The van der Waals surface area contributed by atoms with Crippen molar-refractivity contribution >= 4 is 5.91 Å². The molecule has 1 aromatic carbocycles. The summed E-state index contributed by atoms with van der Waals surface area (Å²) < 4.78 is 16.2. The summed E-state index contributed by atoms with van der Waals surface area (Å²) in [5.41, 5.74) is -0.602. The minimum atomic E-state index is -1.06. The molecule has 0 radical (unpaired) electrons. The van der Waals surface area contributed by atoms with Gasteiger partial charge >= 0.3 is 0 Å². The Balaban J connectivity index is 1.77. The number of methoxy groups -OCH3 is 2. The van der Waals surface area contributed by atoms with Gasteiger partial charge in [0.25, 0.3) is 5.91 Å². The summed E-state index contributed by atoms with van der Waals surface area (Å²) in [5, 5.41) is 11.1. The van der Waals surface area contributed by atoms with E-state index in [0.717, 1.165) is 25.9 Å². The number of nitrogens with zero attached hydrogens (tertiary/aromatic N) is 2. The summed E-state index contributed by atoms with van der Waals surface area (Å²) in [5.74, 6) is 0.917. The number of carbonyl (C=O) groups is 1. The quantitative estimate of drug-likeness (QED) is 0.841. The van der Waals surface area contributed by atoms with Crippen LogP contribution in [0.1, 0.15) is 23.2 Å². The van der Waals surface area contributed by atoms with Crippen molar-refractivity contribution in [3.05, 3.63) is 23.8 Å². The molecule has 2 fully saturated rings. The van der Waals surface area contributed by atoms with Gasteiger partial charge in [-0.25, -0.2) is 0 Å². The number of carbonyl (C=O) groups excluding carboxylic acids is 1. The molecular weight excluding hydrogens is 336 g/mol. The summed E-state index contributed by atoms with van der Waals surface area (Å²) in [7, 11) is 3.10. The molecule has 0 spiro atoms. The summed E-state index contributed by atoms with van der Waals surface area (Å²) in [6.45, 7) is 3.84. The second kappa shape index (κ2) is 8.24. The van der Waals surface area contributed by atoms with E-state index < -0.39 is 5.60 Å². The molecule has 1 unspecified atom stereocenters. The van der Waals surface area contributed by atoms with Crippen LogP contribution in [0.5, 0.6) is 11.5 Å². The number of β-amino-alcohol motifs (C(OH)–C–C–N with tert-alkyl or cyclic N) is 1. The second-order valence-corrected chi connectivity index (χ2v) is 7.05. The fraction of sp³-hybridized carbons (Fsp3) is 0.632. The Bertz CT molecular complexity index is 632. The molecule has 1 atom stereocenters. The molecule has 2 heterocycles. The highest BCUT2D eigenvalue weighted by molar-refractivity contribution is 5.97. The van der Waals surface area contributed by atoms with E-state index in [4.69, 9.17) is 14.2 Å². The van der Waals surface area contributed by atoms with Gasteiger partial charge in [-0.15, -0.1) is 0 Å². The number of benzene rings is 1. The third-order valence-electron chi connectivity index (χ3n) is 5.00. The maximum Gasteiger partial charge on any atom is 0.257 e. The van der Waals surface area contributed by atoms with E-state index in [1.54, 1.807) is 30.2 Å². The van der Waals surface area contributed by atoms with Crippen LogP contribution >= 0.6 is 0 Å². The van der Waals surface area contributed by atoms with Crippen molar-refractivity contribution in [2.45, 2.75) is 18.4 Å². The zero-order valence-corrected chi connectivity index (χ0v) is 15.6. The predicted octanol–water partition coefficient (Wildman–Crippen LogP) is 1.00. The van der Waals surface area contributed by atoms with Gasteiger partial charge in [0.1, 0.15) is 17.1 Å². The zero-order valence-electron chi connectivity index (χ0n) is 15.6. The van der Waals surface area contributed by atoms with E-state index in [9.17, 15) is 9.90 Å². The minimum absolute atomic E-state index is 0.171. The van der Waals surface area contributed by atoms with Crippen LogP contribution in [-0.4, -0.2) is 86.6 Å². The van der Waals surface area contributed by atoms with Crippen molar-refractivity contribution < 1.29 is 24.1 Å². The van der Waals surface area contributed by atoms with Crippen LogP contribution < -0.4 is 9.47 Å². The molecule has 2 saturated heterocycles. The van der Waals surface area contributed by atoms with Crippen molar-refractivity contribution in [1.29, 1.82) is 0 Å². The van der Waals surface area contributed by atoms with Crippen molar-refractivity contribution in [1.82, 2.24) is 9.80 Å². The molecule has 7 nitrogen and oxygen atoms in total. The monoisotopic (exact) mass is 364 g/mol. The lowest BCUT2D eigenvalue weighted by Gasteiger charge is -2.34. The van der Waals surface area contributed by atoms with Crippen LogP contribution in [0, 0.1) is 0 Å². The Morgan fingerprint density at radius 2 is 2.00 bits per heavy atom. The fourth-order valence-corrected chi connectivity index (χ4v) is 3.69. The lowest BCUT2D eigenvalue weighted by molar-refractivity contribution is -0.0524. The number of aliphatic hydroxyl groups is 1. The van der Waals surface area contributed by atoms with Crippen molar-refractivity contribution in [2.24, 2.45) is 0 Å². The Morgan fingerprint density at radius 1 is 1.23 bits per heavy atom. The molecule has 0 bridgehead atoms. The number of hydrogen-bond donors (Lipinski definition) is 1. The van der Waals surface area contributed by atoms with Gasteiger partial charge in [0.15, 0.2) is 0 Å². The molecule has 0 aliphatic carbocycles. The first-order valence-corrected chi connectivity index (χ1v) is 9.08. The topological polar surface area (TPSA) is 71.5 Å². The maximum atomic E-state index is 13.1. The van der Waals surface area contributed by atoms with Gasteiger partial charge in [0.2, 0.25) is 0 Å². The lowest BCUT2D eigenvalue weighted by atomic mass is 10.0. The van der Waals surface area contributed by atoms with Gasteiger partial charge in [-0.2, -0.15) is 0 Å². The van der Waals surface area contributed by atoms with E-state index in [-0.39, 0.29) is 19.1 Å². The van der Waals surface area contributed by atoms with E-state index >= 15 is 0 Å². The van der Waals surface area contributed by atoms with Gasteiger partial charge in [-0.3, -0.25) is 4.79 Å². The van der Waals surface area contributed by atoms with Gasteiger partial charge in [-0.05, 0) is 38.1 Å². The number of rotatable bonds is 5. The Hall–Kier alpha value is -1.83. The second-order valence-electron chi connectivity index (χ2n) is 7.05. The maximum absolute atomic E-state index is 13.1. The molecule has 2 aliphatic rings. The first-order chi connectivity index (χ1) is 12.5. The normalized spacial score (nSPS) is 24.3. The van der Waals surface area contributed by atoms with E-state index in [2.05, 4.69) is 4.90 Å². The van der Waals surface area contributed by atoms with Crippen molar-refractivity contribution in [3.8, 4) is 11.5 Å². The van der Waals surface area contributed by atoms with Gasteiger partial charge in [0, 0.05) is 19.2 Å². The standard InChI is InChI=1S/C19H28N2O5/c1-24-15-5-6-16(17(11-15)25-2)18(22)21-9-10-26-14-19(23,13-21)12-20-7-3-4-8-20/h5-6,11,23H,3-4,7-10,12-14H2,1-2H3. The molecule has 3 rings (SSSR count). The Morgan fingerprint density at radius 3 is 2.69 bits per heavy atom. The predicted molar refractivity (Wildman–Crippen MR) is 96.9 cm³/mol. The third kappa shape index (κ3) is 4.28. The van der Waals surface area contributed by atoms with Gasteiger partial charge < -0.3 is 29.1 Å². The average molecular weight is 364 g/mol. The molecule has 1 N–H and O–H groups in total. The van der Waals surface area contributed by atoms with Gasteiger partial charge in [-0.1, -0.05) is 0 Å². The summed E-state index contributed by atoms with van der Waals surface area (Å²) in [4.78, 5) is 17.0. The van der Waals surface area contributed by atoms with E-state index in [1.165, 1.54) is 7.11 Å². The minimum Gasteiger partial charge on any atom is -0.497 e. The number of likely N-dealkylation sites (tertiary alicyclic amines) is 1. The molecule has 7 heteroatoms. The Labute approximate surface area is 154 Å². The molecule has 144 valence electrons. The average Bonchev–Trinajstić information content (AvgIpc) is 3.07. The Kier molecular flexibility index (Phi) is 6.01. The highest BCUT2D eigenvalue weighted by atomic mass is 16.5. The highest BCUT2D eigenvalue weighted by Crippen LogP contribution is 2.27. The molecule has 0 aromatic heterocycles. The van der Waals surface area contributed by atoms with E-state index in [1.807, 2.05) is 0 Å². The number of amides is 1. The van der Waals surface area contributed by atoms with Crippen LogP contribution in [0.25, 0.3) is 0 Å². The van der Waals surface area contributed by atoms with Crippen LogP contribution in [0.4, 0.5) is 0 Å². The zero-order chi connectivity index (χ0) is 18.6. The SMILES string of the molecule is COc1ccc(C(=O)N2CCOCC(O)(CN3CCCC3)C2)c(OC)c1. The number of ether oxygens (including phenoxy) is 3. The smallest absolute Gasteiger partial charge is 0.257 e. The summed E-state index contributed by atoms with van der Waals surface area (Å²) >= 11 is 0. The van der Waals surface area contributed by atoms with Crippen LogP contribution in [0.15, 0.2) is 18.2 Å². The first-order valence-electron chi connectivity index (χ1n) is 9.08. The molecule has 1 aromatic rings. The lowest BCUT2D eigenvalue weighted by Crippen LogP contribution is -2.53. The summed E-state index contributed by atoms with van der Waals surface area (Å²) in [6.07, 6.45) is 2.31.